The number of sulfonamides is 1. The highest BCUT2D eigenvalue weighted by Gasteiger charge is 2.40. The summed E-state index contributed by atoms with van der Waals surface area (Å²) in [5, 5.41) is 9.05. The smallest absolute Gasteiger partial charge is 0.264 e. The van der Waals surface area contributed by atoms with Gasteiger partial charge in [0, 0.05) is 18.3 Å². The number of benzene rings is 1. The zero-order valence-electron chi connectivity index (χ0n) is 16.6. The first-order valence-corrected chi connectivity index (χ1v) is 11.8. The summed E-state index contributed by atoms with van der Waals surface area (Å²) in [5.41, 5.74) is 0.704. The molecule has 1 aliphatic heterocycles. The lowest BCUT2D eigenvalue weighted by molar-refractivity contribution is -0.119. The van der Waals surface area contributed by atoms with Gasteiger partial charge in [-0.3, -0.25) is 9.59 Å². The normalized spacial score (nSPS) is 16.9. The van der Waals surface area contributed by atoms with Gasteiger partial charge in [0.25, 0.3) is 15.6 Å². The largest absolute Gasteiger partial charge is 0.497 e. The molecule has 3 heterocycles. The number of carbonyl (C=O) groups excluding carboxylic acids is 1. The molecule has 1 amide bonds. The van der Waals surface area contributed by atoms with Crippen LogP contribution in [0.5, 0.6) is 5.75 Å². The summed E-state index contributed by atoms with van der Waals surface area (Å²) in [6, 6.07) is 12.1. The third-order valence-electron chi connectivity index (χ3n) is 4.94. The van der Waals surface area contributed by atoms with E-state index >= 15 is 0 Å². The lowest BCUT2D eigenvalue weighted by Gasteiger charge is -2.22. The van der Waals surface area contributed by atoms with Gasteiger partial charge in [-0.05, 0) is 55.3 Å². The lowest BCUT2D eigenvalue weighted by atomic mass is 10.2. The Morgan fingerprint density at radius 3 is 2.65 bits per heavy atom. The first-order chi connectivity index (χ1) is 14.9. The van der Waals surface area contributed by atoms with E-state index < -0.39 is 16.1 Å². The average Bonchev–Trinajstić information content (AvgIpc) is 3.46. The number of nitrogens with zero attached hydrogens (tertiary/aromatic N) is 2. The Kier molecular flexibility index (Phi) is 5.90. The van der Waals surface area contributed by atoms with Crippen molar-refractivity contribution in [2.75, 3.05) is 19.0 Å². The Balaban J connectivity index is 1.53. The summed E-state index contributed by atoms with van der Waals surface area (Å²) in [5.74, 6) is 0.291. The summed E-state index contributed by atoms with van der Waals surface area (Å²) in [4.78, 5) is 24.6. The van der Waals surface area contributed by atoms with Crippen LogP contribution in [0.3, 0.4) is 0 Å². The van der Waals surface area contributed by atoms with E-state index in [1.165, 1.54) is 22.5 Å². The van der Waals surface area contributed by atoms with Crippen molar-refractivity contribution < 1.29 is 17.9 Å². The number of thiophene rings is 1. The molecule has 1 fully saturated rings. The van der Waals surface area contributed by atoms with E-state index in [4.69, 9.17) is 4.74 Å². The lowest BCUT2D eigenvalue weighted by Crippen LogP contribution is -2.42. The van der Waals surface area contributed by atoms with Crippen molar-refractivity contribution in [1.29, 1.82) is 0 Å². The molecular formula is C20H20N4O5S2. The number of carbonyl (C=O) groups is 1. The zero-order valence-corrected chi connectivity index (χ0v) is 18.2. The maximum atomic E-state index is 13.2. The monoisotopic (exact) mass is 460 g/mol. The van der Waals surface area contributed by atoms with Crippen LogP contribution in [0.4, 0.5) is 5.69 Å². The van der Waals surface area contributed by atoms with Crippen LogP contribution >= 0.6 is 11.3 Å². The number of H-pyrrole nitrogens is 1. The summed E-state index contributed by atoms with van der Waals surface area (Å²) >= 11 is 1.05. The molecule has 2 N–H and O–H groups in total. The SMILES string of the molecule is COc1ccc(NC(=O)[C@H]2CCCN2S(=O)(=O)c2ccc(-c3ccc(=O)[nH]n3)s2)cc1. The first-order valence-electron chi connectivity index (χ1n) is 9.51. The molecule has 0 radical (unpaired) electrons. The van der Waals surface area contributed by atoms with Crippen LogP contribution < -0.4 is 15.6 Å². The topological polar surface area (TPSA) is 121 Å². The Labute approximate surface area is 182 Å². The van der Waals surface area contributed by atoms with Crippen LogP contribution in [0.25, 0.3) is 10.6 Å². The van der Waals surface area contributed by atoms with Gasteiger partial charge >= 0.3 is 0 Å². The highest BCUT2D eigenvalue weighted by molar-refractivity contribution is 7.91. The fourth-order valence-electron chi connectivity index (χ4n) is 3.38. The van der Waals surface area contributed by atoms with Crippen LogP contribution in [0.15, 0.2) is 57.5 Å². The maximum Gasteiger partial charge on any atom is 0.264 e. The number of aromatic nitrogens is 2. The van der Waals surface area contributed by atoms with E-state index in [0.29, 0.717) is 34.8 Å². The van der Waals surface area contributed by atoms with Crippen molar-refractivity contribution in [3.63, 3.8) is 0 Å². The molecule has 1 aromatic carbocycles. The second-order valence-electron chi connectivity index (χ2n) is 6.92. The summed E-state index contributed by atoms with van der Waals surface area (Å²) in [6.07, 6.45) is 1.04. The van der Waals surface area contributed by atoms with Gasteiger partial charge in [-0.25, -0.2) is 13.5 Å². The third kappa shape index (κ3) is 4.38. The van der Waals surface area contributed by atoms with Crippen LogP contribution in [0.1, 0.15) is 12.8 Å². The minimum absolute atomic E-state index is 0.125. The Morgan fingerprint density at radius 1 is 1.19 bits per heavy atom. The van der Waals surface area contributed by atoms with Crippen LogP contribution in [-0.2, 0) is 14.8 Å². The molecule has 0 unspecified atom stereocenters. The van der Waals surface area contributed by atoms with E-state index in [9.17, 15) is 18.0 Å². The molecular weight excluding hydrogens is 440 g/mol. The second kappa shape index (κ2) is 8.61. The molecule has 2 aromatic heterocycles. The number of amides is 1. The molecule has 0 spiro atoms. The molecule has 0 saturated carbocycles. The van der Waals surface area contributed by atoms with Gasteiger partial charge in [0.2, 0.25) is 5.91 Å². The number of nitrogens with one attached hydrogen (secondary N) is 2. The van der Waals surface area contributed by atoms with Crippen LogP contribution in [-0.4, -0.2) is 48.5 Å². The van der Waals surface area contributed by atoms with E-state index in [0.717, 1.165) is 11.3 Å². The summed E-state index contributed by atoms with van der Waals surface area (Å²) in [7, 11) is -2.31. The van der Waals surface area contributed by atoms with Gasteiger partial charge in [-0.1, -0.05) is 0 Å². The molecule has 3 aromatic rings. The van der Waals surface area contributed by atoms with Crippen molar-refractivity contribution in [2.45, 2.75) is 23.1 Å². The molecule has 0 aliphatic carbocycles. The maximum absolute atomic E-state index is 13.2. The fraction of sp³-hybridized carbons (Fsp3) is 0.250. The minimum Gasteiger partial charge on any atom is -0.497 e. The van der Waals surface area contributed by atoms with Crippen molar-refractivity contribution in [3.05, 3.63) is 58.9 Å². The average molecular weight is 461 g/mol. The van der Waals surface area contributed by atoms with E-state index in [1.54, 1.807) is 37.4 Å². The van der Waals surface area contributed by atoms with Crippen molar-refractivity contribution >= 4 is 33.0 Å². The molecule has 4 rings (SSSR count). The minimum atomic E-state index is -3.86. The molecule has 162 valence electrons. The van der Waals surface area contributed by atoms with Gasteiger partial charge in [-0.2, -0.15) is 9.40 Å². The van der Waals surface area contributed by atoms with Gasteiger partial charge in [0.1, 0.15) is 21.7 Å². The van der Waals surface area contributed by atoms with Gasteiger partial charge in [0.05, 0.1) is 12.0 Å². The van der Waals surface area contributed by atoms with Crippen LogP contribution in [0, 0.1) is 0 Å². The highest BCUT2D eigenvalue weighted by atomic mass is 32.2. The Hall–Kier alpha value is -3.02. The van der Waals surface area contributed by atoms with Gasteiger partial charge in [0.15, 0.2) is 0 Å². The van der Waals surface area contributed by atoms with E-state index in [2.05, 4.69) is 15.5 Å². The number of ether oxygens (including phenoxy) is 1. The Morgan fingerprint density at radius 2 is 1.97 bits per heavy atom. The molecule has 11 heteroatoms. The van der Waals surface area contributed by atoms with E-state index in [-0.39, 0.29) is 22.2 Å². The van der Waals surface area contributed by atoms with Crippen molar-refractivity contribution in [3.8, 4) is 16.3 Å². The predicted octanol–water partition coefficient (Wildman–Crippen LogP) is 2.30. The summed E-state index contributed by atoms with van der Waals surface area (Å²) < 4.78 is 33.0. The fourth-order valence-corrected chi connectivity index (χ4v) is 6.45. The summed E-state index contributed by atoms with van der Waals surface area (Å²) in [6.45, 7) is 0.271. The number of aromatic amines is 1. The first kappa shape index (κ1) is 21.2. The molecule has 9 nitrogen and oxygen atoms in total. The van der Waals surface area contributed by atoms with E-state index in [1.807, 2.05) is 0 Å². The Bertz CT molecular complexity index is 1230. The number of anilines is 1. The third-order valence-corrected chi connectivity index (χ3v) is 8.42. The molecule has 1 atom stereocenters. The number of hydrogen-bond acceptors (Lipinski definition) is 7. The van der Waals surface area contributed by atoms with Crippen LogP contribution in [0.2, 0.25) is 0 Å². The molecule has 31 heavy (non-hydrogen) atoms. The van der Waals surface area contributed by atoms with Crippen molar-refractivity contribution in [2.24, 2.45) is 0 Å². The zero-order chi connectivity index (χ0) is 22.0. The molecule has 1 saturated heterocycles. The molecule has 0 bridgehead atoms. The van der Waals surface area contributed by atoms with Gasteiger partial charge in [-0.15, -0.1) is 11.3 Å². The number of methoxy groups -OCH3 is 1. The van der Waals surface area contributed by atoms with Gasteiger partial charge < -0.3 is 10.1 Å². The molecule has 1 aliphatic rings. The predicted molar refractivity (Wildman–Crippen MR) is 117 cm³/mol. The number of hydrogen-bond donors (Lipinski definition) is 2. The second-order valence-corrected chi connectivity index (χ2v) is 10.1. The highest BCUT2D eigenvalue weighted by Crippen LogP contribution is 2.34. The van der Waals surface area contributed by atoms with Crippen molar-refractivity contribution in [1.82, 2.24) is 14.5 Å². The number of rotatable bonds is 6. The standard InChI is InChI=1S/C20H20N4O5S2/c1-29-14-6-4-13(5-7-14)21-20(26)16-3-2-12-24(16)31(27,28)19-11-9-17(30-19)15-8-10-18(25)23-22-15/h4-11,16H,2-3,12H2,1H3,(H,21,26)(H,23,25)/t16-/m1/s1. The quantitative estimate of drug-likeness (QED) is 0.582.